The molecular formula is C22H24N4O. The summed E-state index contributed by atoms with van der Waals surface area (Å²) in [5.74, 6) is 0.127. The van der Waals surface area contributed by atoms with Crippen molar-refractivity contribution in [1.82, 2.24) is 19.7 Å². The molecule has 1 unspecified atom stereocenters. The van der Waals surface area contributed by atoms with Crippen molar-refractivity contribution in [3.63, 3.8) is 0 Å². The number of hydrogen-bond acceptors (Lipinski definition) is 3. The molecule has 4 rings (SSSR count). The Kier molecular flexibility index (Phi) is 5.28. The minimum atomic E-state index is 0.127. The Balaban J connectivity index is 1.49. The van der Waals surface area contributed by atoms with Gasteiger partial charge in [-0.1, -0.05) is 36.4 Å². The number of nitrogens with zero attached hydrogens (tertiary/aromatic N) is 4. The molecule has 0 spiro atoms. The van der Waals surface area contributed by atoms with E-state index in [0.717, 1.165) is 43.5 Å². The predicted molar refractivity (Wildman–Crippen MR) is 105 cm³/mol. The average molecular weight is 360 g/mol. The molecule has 138 valence electrons. The van der Waals surface area contributed by atoms with Crippen LogP contribution in [0.15, 0.2) is 67.3 Å². The van der Waals surface area contributed by atoms with Crippen molar-refractivity contribution in [2.75, 3.05) is 6.54 Å². The molecule has 0 bridgehead atoms. The van der Waals surface area contributed by atoms with Gasteiger partial charge in [-0.3, -0.25) is 9.36 Å². The first-order chi connectivity index (χ1) is 13.3. The topological polar surface area (TPSA) is 51.0 Å². The molecular weight excluding hydrogens is 336 g/mol. The zero-order chi connectivity index (χ0) is 18.5. The Morgan fingerprint density at radius 3 is 2.63 bits per heavy atom. The first-order valence-corrected chi connectivity index (χ1v) is 9.61. The van der Waals surface area contributed by atoms with Crippen LogP contribution in [-0.2, 0) is 6.42 Å². The highest BCUT2D eigenvalue weighted by atomic mass is 16.2. The second kappa shape index (κ2) is 8.16. The SMILES string of the molecule is O=C(c1cccc(-n2cnnc2)c1)N1CCCCC1CCc1ccccc1. The third kappa shape index (κ3) is 4.08. The molecule has 1 amide bonds. The standard InChI is InChI=1S/C22H24N4O/c27-22(19-9-6-11-21(15-19)25-16-23-24-17-25)26-14-5-4-10-20(26)13-12-18-7-2-1-3-8-18/h1-3,6-9,11,15-17,20H,4-5,10,12-14H2. The number of carbonyl (C=O) groups is 1. The monoisotopic (exact) mass is 360 g/mol. The third-order valence-electron chi connectivity index (χ3n) is 5.31. The lowest BCUT2D eigenvalue weighted by Gasteiger charge is -2.36. The summed E-state index contributed by atoms with van der Waals surface area (Å²) in [6.07, 6.45) is 8.68. The van der Waals surface area contributed by atoms with E-state index in [1.54, 1.807) is 12.7 Å². The number of rotatable bonds is 5. The van der Waals surface area contributed by atoms with Crippen molar-refractivity contribution in [1.29, 1.82) is 0 Å². The van der Waals surface area contributed by atoms with Crippen LogP contribution in [0.25, 0.3) is 5.69 Å². The molecule has 1 aliphatic heterocycles. The quantitative estimate of drug-likeness (QED) is 0.693. The molecule has 0 N–H and O–H groups in total. The van der Waals surface area contributed by atoms with Crippen LogP contribution in [0.3, 0.4) is 0 Å². The molecule has 5 heteroatoms. The van der Waals surface area contributed by atoms with Gasteiger partial charge in [-0.25, -0.2) is 0 Å². The number of aromatic nitrogens is 3. The molecule has 1 aromatic heterocycles. The number of hydrogen-bond donors (Lipinski definition) is 0. The Morgan fingerprint density at radius 2 is 1.81 bits per heavy atom. The number of aryl methyl sites for hydroxylation is 1. The average Bonchev–Trinajstić information content (AvgIpc) is 3.28. The Morgan fingerprint density at radius 1 is 1.00 bits per heavy atom. The lowest BCUT2D eigenvalue weighted by molar-refractivity contribution is 0.0602. The molecule has 1 aliphatic rings. The Bertz CT molecular complexity index is 876. The second-order valence-electron chi connectivity index (χ2n) is 7.09. The Labute approximate surface area is 159 Å². The van der Waals surface area contributed by atoms with E-state index in [-0.39, 0.29) is 5.91 Å². The first-order valence-electron chi connectivity index (χ1n) is 9.61. The van der Waals surface area contributed by atoms with E-state index in [2.05, 4.69) is 39.4 Å². The second-order valence-corrected chi connectivity index (χ2v) is 7.09. The molecule has 1 saturated heterocycles. The molecule has 5 nitrogen and oxygen atoms in total. The van der Waals surface area contributed by atoms with Crippen LogP contribution >= 0.6 is 0 Å². The first kappa shape index (κ1) is 17.5. The highest BCUT2D eigenvalue weighted by Crippen LogP contribution is 2.24. The number of amides is 1. The summed E-state index contributed by atoms with van der Waals surface area (Å²) in [5, 5.41) is 7.69. The highest BCUT2D eigenvalue weighted by Gasteiger charge is 2.27. The van der Waals surface area contributed by atoms with Crippen LogP contribution in [-0.4, -0.2) is 38.2 Å². The van der Waals surface area contributed by atoms with Crippen LogP contribution in [0, 0.1) is 0 Å². The van der Waals surface area contributed by atoms with Crippen LogP contribution < -0.4 is 0 Å². The molecule has 1 atom stereocenters. The van der Waals surface area contributed by atoms with Gasteiger partial charge in [0.05, 0.1) is 0 Å². The fraction of sp³-hybridized carbons (Fsp3) is 0.318. The third-order valence-corrected chi connectivity index (χ3v) is 5.31. The molecule has 0 aliphatic carbocycles. The van der Waals surface area contributed by atoms with Crippen molar-refractivity contribution < 1.29 is 4.79 Å². The molecule has 0 saturated carbocycles. The minimum Gasteiger partial charge on any atom is -0.336 e. The fourth-order valence-corrected chi connectivity index (χ4v) is 3.85. The summed E-state index contributed by atoms with van der Waals surface area (Å²) in [6, 6.07) is 18.6. The molecule has 2 heterocycles. The van der Waals surface area contributed by atoms with Crippen LogP contribution in [0.5, 0.6) is 0 Å². The summed E-state index contributed by atoms with van der Waals surface area (Å²) in [6.45, 7) is 0.842. The van der Waals surface area contributed by atoms with E-state index in [0.29, 0.717) is 6.04 Å². The van der Waals surface area contributed by atoms with E-state index >= 15 is 0 Å². The number of likely N-dealkylation sites (tertiary alicyclic amines) is 1. The van der Waals surface area contributed by atoms with E-state index in [9.17, 15) is 4.79 Å². The highest BCUT2D eigenvalue weighted by molar-refractivity contribution is 5.95. The van der Waals surface area contributed by atoms with Crippen molar-refractivity contribution in [2.24, 2.45) is 0 Å². The maximum Gasteiger partial charge on any atom is 0.254 e. The van der Waals surface area contributed by atoms with Gasteiger partial charge >= 0.3 is 0 Å². The van der Waals surface area contributed by atoms with Crippen molar-refractivity contribution in [3.8, 4) is 5.69 Å². The van der Waals surface area contributed by atoms with Crippen molar-refractivity contribution in [2.45, 2.75) is 38.1 Å². The summed E-state index contributed by atoms with van der Waals surface area (Å²) >= 11 is 0. The molecule has 2 aromatic carbocycles. The maximum absolute atomic E-state index is 13.2. The zero-order valence-electron chi connectivity index (χ0n) is 15.4. The number of carbonyl (C=O) groups excluding carboxylic acids is 1. The van der Waals surface area contributed by atoms with E-state index in [4.69, 9.17) is 0 Å². The summed E-state index contributed by atoms with van der Waals surface area (Å²) in [5.41, 5.74) is 2.97. The van der Waals surface area contributed by atoms with Gasteiger partial charge in [0.15, 0.2) is 0 Å². The van der Waals surface area contributed by atoms with Crippen molar-refractivity contribution in [3.05, 3.63) is 78.4 Å². The summed E-state index contributed by atoms with van der Waals surface area (Å²) in [4.78, 5) is 15.3. The lowest BCUT2D eigenvalue weighted by atomic mass is 9.95. The smallest absolute Gasteiger partial charge is 0.254 e. The van der Waals surface area contributed by atoms with Crippen LogP contribution in [0.1, 0.15) is 41.6 Å². The summed E-state index contributed by atoms with van der Waals surface area (Å²) in [7, 11) is 0. The van der Waals surface area contributed by atoms with E-state index in [1.165, 1.54) is 12.0 Å². The molecule has 0 radical (unpaired) electrons. The fourth-order valence-electron chi connectivity index (χ4n) is 3.85. The molecule has 1 fully saturated rings. The van der Waals surface area contributed by atoms with Gasteiger partial charge < -0.3 is 4.90 Å². The minimum absolute atomic E-state index is 0.127. The van der Waals surface area contributed by atoms with Gasteiger partial charge in [0.1, 0.15) is 12.7 Å². The Hall–Kier alpha value is -2.95. The lowest BCUT2D eigenvalue weighted by Crippen LogP contribution is -2.44. The van der Waals surface area contributed by atoms with Gasteiger partial charge in [0.25, 0.3) is 5.91 Å². The largest absolute Gasteiger partial charge is 0.336 e. The van der Waals surface area contributed by atoms with Crippen LogP contribution in [0.2, 0.25) is 0 Å². The van der Waals surface area contributed by atoms with Crippen LogP contribution in [0.4, 0.5) is 0 Å². The number of piperidine rings is 1. The summed E-state index contributed by atoms with van der Waals surface area (Å²) < 4.78 is 1.82. The van der Waals surface area contributed by atoms with Gasteiger partial charge in [0.2, 0.25) is 0 Å². The van der Waals surface area contributed by atoms with Gasteiger partial charge in [0, 0.05) is 23.8 Å². The van der Waals surface area contributed by atoms with Gasteiger partial charge in [-0.15, -0.1) is 10.2 Å². The van der Waals surface area contributed by atoms with E-state index < -0.39 is 0 Å². The van der Waals surface area contributed by atoms with Gasteiger partial charge in [-0.2, -0.15) is 0 Å². The predicted octanol–water partition coefficient (Wildman–Crippen LogP) is 3.89. The molecule has 27 heavy (non-hydrogen) atoms. The maximum atomic E-state index is 13.2. The zero-order valence-corrected chi connectivity index (χ0v) is 15.4. The molecule has 3 aromatic rings. The normalized spacial score (nSPS) is 17.0. The van der Waals surface area contributed by atoms with E-state index in [1.807, 2.05) is 34.9 Å². The number of benzene rings is 2. The van der Waals surface area contributed by atoms with Gasteiger partial charge in [-0.05, 0) is 55.9 Å². The van der Waals surface area contributed by atoms with Crippen molar-refractivity contribution >= 4 is 5.91 Å².